The SMILES string of the molecule is N[C@H](Cc1cccc2ccccc12)C(=O)N(CCc1ccccc1)C[C@@H]1CCCN1. The van der Waals surface area contributed by atoms with Gasteiger partial charge in [0.2, 0.25) is 5.91 Å². The third-order valence-electron chi connectivity index (χ3n) is 6.07. The molecule has 4 rings (SSSR count). The summed E-state index contributed by atoms with van der Waals surface area (Å²) in [6.07, 6.45) is 3.70. The Morgan fingerprint density at radius 1 is 1.03 bits per heavy atom. The summed E-state index contributed by atoms with van der Waals surface area (Å²) in [5, 5.41) is 5.88. The number of nitrogens with two attached hydrogens (primary N) is 1. The van der Waals surface area contributed by atoms with Crippen molar-refractivity contribution in [3.63, 3.8) is 0 Å². The average Bonchev–Trinajstić information content (AvgIpc) is 3.30. The van der Waals surface area contributed by atoms with E-state index in [0.717, 1.165) is 31.5 Å². The minimum Gasteiger partial charge on any atom is -0.339 e. The van der Waals surface area contributed by atoms with E-state index in [1.54, 1.807) is 0 Å². The Balaban J connectivity index is 1.47. The molecule has 4 nitrogen and oxygen atoms in total. The predicted octanol–water partition coefficient (Wildman–Crippen LogP) is 3.53. The van der Waals surface area contributed by atoms with Crippen molar-refractivity contribution >= 4 is 16.7 Å². The van der Waals surface area contributed by atoms with Crippen LogP contribution < -0.4 is 11.1 Å². The van der Waals surface area contributed by atoms with Crippen LogP contribution in [0.2, 0.25) is 0 Å². The van der Waals surface area contributed by atoms with Crippen LogP contribution in [0.5, 0.6) is 0 Å². The van der Waals surface area contributed by atoms with Crippen molar-refractivity contribution in [2.75, 3.05) is 19.6 Å². The number of nitrogens with zero attached hydrogens (tertiary/aromatic N) is 1. The van der Waals surface area contributed by atoms with Crippen molar-refractivity contribution in [3.05, 3.63) is 83.9 Å². The summed E-state index contributed by atoms with van der Waals surface area (Å²) < 4.78 is 0. The monoisotopic (exact) mass is 401 g/mol. The van der Waals surface area contributed by atoms with Gasteiger partial charge in [0.1, 0.15) is 0 Å². The van der Waals surface area contributed by atoms with E-state index >= 15 is 0 Å². The molecular formula is C26H31N3O. The highest BCUT2D eigenvalue weighted by atomic mass is 16.2. The van der Waals surface area contributed by atoms with Gasteiger partial charge >= 0.3 is 0 Å². The Labute approximate surface area is 179 Å². The van der Waals surface area contributed by atoms with Gasteiger partial charge in [0, 0.05) is 19.1 Å². The highest BCUT2D eigenvalue weighted by Crippen LogP contribution is 2.20. The quantitative estimate of drug-likeness (QED) is 0.607. The first kappa shape index (κ1) is 20.6. The van der Waals surface area contributed by atoms with Gasteiger partial charge < -0.3 is 16.0 Å². The van der Waals surface area contributed by atoms with Crippen molar-refractivity contribution in [2.45, 2.75) is 37.8 Å². The summed E-state index contributed by atoms with van der Waals surface area (Å²) in [6, 6.07) is 24.7. The van der Waals surface area contributed by atoms with Gasteiger partial charge in [0.15, 0.2) is 0 Å². The normalized spacial score (nSPS) is 17.2. The number of carbonyl (C=O) groups is 1. The Morgan fingerprint density at radius 2 is 1.80 bits per heavy atom. The molecular weight excluding hydrogens is 370 g/mol. The van der Waals surface area contributed by atoms with Gasteiger partial charge in [-0.2, -0.15) is 0 Å². The summed E-state index contributed by atoms with van der Waals surface area (Å²) >= 11 is 0. The average molecular weight is 402 g/mol. The van der Waals surface area contributed by atoms with Crippen LogP contribution in [-0.4, -0.2) is 42.5 Å². The molecule has 1 aliphatic heterocycles. The lowest BCUT2D eigenvalue weighted by Crippen LogP contribution is -2.49. The molecule has 1 saturated heterocycles. The Kier molecular flexibility index (Phi) is 6.77. The number of hydrogen-bond donors (Lipinski definition) is 2. The van der Waals surface area contributed by atoms with Crippen LogP contribution in [0.4, 0.5) is 0 Å². The number of amides is 1. The molecule has 2 atom stereocenters. The predicted molar refractivity (Wildman–Crippen MR) is 123 cm³/mol. The Bertz CT molecular complexity index is 961. The molecule has 0 aliphatic carbocycles. The summed E-state index contributed by atoms with van der Waals surface area (Å²) in [4.78, 5) is 15.3. The number of carbonyl (C=O) groups excluding carboxylic acids is 1. The fourth-order valence-electron chi connectivity index (χ4n) is 4.41. The maximum Gasteiger partial charge on any atom is 0.239 e. The number of fused-ring (bicyclic) bond motifs is 1. The molecule has 0 aromatic heterocycles. The summed E-state index contributed by atoms with van der Waals surface area (Å²) in [7, 11) is 0. The fourth-order valence-corrected chi connectivity index (χ4v) is 4.41. The third-order valence-corrected chi connectivity index (χ3v) is 6.07. The standard InChI is InChI=1S/C26H31N3O/c27-25(18-22-12-6-11-21-10-4-5-14-24(21)22)26(30)29(19-23-13-7-16-28-23)17-15-20-8-2-1-3-9-20/h1-6,8-12,14,23,25,28H,7,13,15-19,27H2/t23-,25+/m0/s1. The smallest absolute Gasteiger partial charge is 0.239 e. The highest BCUT2D eigenvalue weighted by Gasteiger charge is 2.25. The zero-order valence-corrected chi connectivity index (χ0v) is 17.5. The van der Waals surface area contributed by atoms with E-state index in [9.17, 15) is 4.79 Å². The van der Waals surface area contributed by atoms with E-state index < -0.39 is 6.04 Å². The van der Waals surface area contributed by atoms with Gasteiger partial charge in [-0.25, -0.2) is 0 Å². The van der Waals surface area contributed by atoms with Gasteiger partial charge in [0.05, 0.1) is 6.04 Å². The molecule has 3 aromatic carbocycles. The van der Waals surface area contributed by atoms with Gasteiger partial charge in [-0.05, 0) is 54.1 Å². The highest BCUT2D eigenvalue weighted by molar-refractivity contribution is 5.87. The molecule has 1 aliphatic rings. The van der Waals surface area contributed by atoms with Gasteiger partial charge in [-0.15, -0.1) is 0 Å². The van der Waals surface area contributed by atoms with Crippen LogP contribution in [-0.2, 0) is 17.6 Å². The van der Waals surface area contributed by atoms with Crippen molar-refractivity contribution < 1.29 is 4.79 Å². The summed E-state index contributed by atoms with van der Waals surface area (Å²) in [5.74, 6) is 0.0487. The van der Waals surface area contributed by atoms with E-state index in [1.165, 1.54) is 22.8 Å². The first-order chi connectivity index (χ1) is 14.7. The van der Waals surface area contributed by atoms with Crippen LogP contribution >= 0.6 is 0 Å². The molecule has 30 heavy (non-hydrogen) atoms. The lowest BCUT2D eigenvalue weighted by atomic mass is 9.98. The van der Waals surface area contributed by atoms with Crippen molar-refractivity contribution in [3.8, 4) is 0 Å². The molecule has 0 bridgehead atoms. The zero-order valence-electron chi connectivity index (χ0n) is 17.5. The minimum absolute atomic E-state index is 0.0487. The van der Waals surface area contributed by atoms with Gasteiger partial charge in [-0.1, -0.05) is 72.8 Å². The fraction of sp³-hybridized carbons (Fsp3) is 0.346. The van der Waals surface area contributed by atoms with Crippen molar-refractivity contribution in [1.29, 1.82) is 0 Å². The van der Waals surface area contributed by atoms with Crippen LogP contribution in [0.15, 0.2) is 72.8 Å². The van der Waals surface area contributed by atoms with Crippen LogP contribution in [0.3, 0.4) is 0 Å². The largest absolute Gasteiger partial charge is 0.339 e. The van der Waals surface area contributed by atoms with Crippen LogP contribution in [0, 0.1) is 0 Å². The van der Waals surface area contributed by atoms with E-state index in [-0.39, 0.29) is 5.91 Å². The van der Waals surface area contributed by atoms with Gasteiger partial charge in [0.25, 0.3) is 0 Å². The molecule has 1 fully saturated rings. The molecule has 4 heteroatoms. The lowest BCUT2D eigenvalue weighted by Gasteiger charge is -2.29. The first-order valence-electron chi connectivity index (χ1n) is 11.0. The van der Waals surface area contributed by atoms with Crippen molar-refractivity contribution in [1.82, 2.24) is 10.2 Å². The van der Waals surface area contributed by atoms with E-state index in [2.05, 4.69) is 41.7 Å². The second kappa shape index (κ2) is 9.88. The molecule has 3 aromatic rings. The molecule has 0 radical (unpaired) electrons. The number of nitrogens with one attached hydrogen (secondary N) is 1. The Hall–Kier alpha value is -2.69. The first-order valence-corrected chi connectivity index (χ1v) is 11.0. The topological polar surface area (TPSA) is 58.4 Å². The molecule has 3 N–H and O–H groups in total. The summed E-state index contributed by atoms with van der Waals surface area (Å²) in [5.41, 5.74) is 8.86. The van der Waals surface area contributed by atoms with Crippen LogP contribution in [0.25, 0.3) is 10.8 Å². The molecule has 156 valence electrons. The molecule has 1 amide bonds. The number of rotatable bonds is 8. The maximum absolute atomic E-state index is 13.4. The zero-order chi connectivity index (χ0) is 20.8. The van der Waals surface area contributed by atoms with Crippen LogP contribution in [0.1, 0.15) is 24.0 Å². The second-order valence-corrected chi connectivity index (χ2v) is 8.26. The number of hydrogen-bond acceptors (Lipinski definition) is 3. The molecule has 1 heterocycles. The number of benzene rings is 3. The van der Waals surface area contributed by atoms with E-state index in [4.69, 9.17) is 5.73 Å². The molecule has 0 unspecified atom stereocenters. The molecule has 0 spiro atoms. The summed E-state index contributed by atoms with van der Waals surface area (Å²) in [6.45, 7) is 2.46. The third kappa shape index (κ3) is 5.07. The maximum atomic E-state index is 13.4. The second-order valence-electron chi connectivity index (χ2n) is 8.26. The Morgan fingerprint density at radius 3 is 2.60 bits per heavy atom. The van der Waals surface area contributed by atoms with Crippen molar-refractivity contribution in [2.24, 2.45) is 5.73 Å². The minimum atomic E-state index is -0.534. The molecule has 0 saturated carbocycles. The lowest BCUT2D eigenvalue weighted by molar-refractivity contribution is -0.132. The van der Waals surface area contributed by atoms with Gasteiger partial charge in [-0.3, -0.25) is 4.79 Å². The van der Waals surface area contributed by atoms with E-state index in [0.29, 0.717) is 19.0 Å². The van der Waals surface area contributed by atoms with E-state index in [1.807, 2.05) is 41.3 Å².